The number of Topliss-reactive ketones (excluding diaryl/α,β-unsaturated/α-hetero) is 1. The number of carbonyl (C=O) groups excluding carboxylic acids is 2. The Kier molecular flexibility index (Phi) is 13.3. The van der Waals surface area contributed by atoms with E-state index in [2.05, 4.69) is 20.8 Å². The van der Waals surface area contributed by atoms with E-state index >= 15 is 0 Å². The predicted octanol–water partition coefficient (Wildman–Crippen LogP) is 6.39. The van der Waals surface area contributed by atoms with Gasteiger partial charge in [0.15, 0.2) is 12.0 Å². The van der Waals surface area contributed by atoms with Crippen molar-refractivity contribution in [2.24, 2.45) is 0 Å². The molecule has 6 atom stereocenters. The smallest absolute Gasteiger partial charge is 0.412 e. The highest BCUT2D eigenvalue weighted by Crippen LogP contribution is 2.43. The quantitative estimate of drug-likeness (QED) is 0.118. The molecule has 1 fully saturated rings. The van der Waals surface area contributed by atoms with E-state index in [1.165, 1.54) is 11.8 Å². The van der Waals surface area contributed by atoms with Gasteiger partial charge in [-0.15, -0.1) is 0 Å². The lowest BCUT2D eigenvalue weighted by molar-refractivity contribution is -0.138. The molecule has 10 heteroatoms. The van der Waals surface area contributed by atoms with Gasteiger partial charge in [0.2, 0.25) is 0 Å². The van der Waals surface area contributed by atoms with Crippen LogP contribution in [0.2, 0.25) is 5.04 Å². The molecule has 0 saturated carbocycles. The van der Waals surface area contributed by atoms with Crippen LogP contribution in [0.1, 0.15) is 44.4 Å². The minimum absolute atomic E-state index is 0.0781. The second kappa shape index (κ2) is 18.3. The highest BCUT2D eigenvalue weighted by atomic mass is 28.4. The molecule has 6 rings (SSSR count). The van der Waals surface area contributed by atoms with Gasteiger partial charge in [-0.2, -0.15) is 0 Å². The van der Waals surface area contributed by atoms with Crippen molar-refractivity contribution >= 4 is 30.6 Å². The molecule has 0 spiro atoms. The number of hydrogen-bond acceptors (Lipinski definition) is 8. The third-order valence-electron chi connectivity index (χ3n) is 10.3. The molecule has 0 aliphatic carbocycles. The molecule has 1 aliphatic heterocycles. The Morgan fingerprint density at radius 1 is 0.625 bits per heavy atom. The van der Waals surface area contributed by atoms with Crippen LogP contribution in [0.5, 0.6) is 0 Å². The summed E-state index contributed by atoms with van der Waals surface area (Å²) in [5.41, 5.74) is 2.45. The molecule has 0 aromatic heterocycles. The molecule has 5 aromatic rings. The first kappa shape index (κ1) is 40.7. The van der Waals surface area contributed by atoms with Gasteiger partial charge < -0.3 is 28.8 Å². The number of likely N-dealkylation sites (tertiary alicyclic amines) is 1. The topological polar surface area (TPSA) is 115 Å². The molecular formula is C46H51NO8Si. The number of ether oxygens (including phenoxy) is 3. The van der Waals surface area contributed by atoms with E-state index in [0.29, 0.717) is 0 Å². The van der Waals surface area contributed by atoms with E-state index in [4.69, 9.17) is 18.6 Å². The highest BCUT2D eigenvalue weighted by Gasteiger charge is 2.62. The molecule has 1 aliphatic rings. The molecule has 1 heterocycles. The maximum absolute atomic E-state index is 14.8. The Hall–Kier alpha value is -4.94. The molecule has 1 saturated heterocycles. The number of nitrogens with zero attached hydrogens (tertiary/aromatic N) is 1. The van der Waals surface area contributed by atoms with Crippen LogP contribution in [-0.4, -0.2) is 72.0 Å². The monoisotopic (exact) mass is 773 g/mol. The van der Waals surface area contributed by atoms with Crippen LogP contribution in [0.15, 0.2) is 152 Å². The van der Waals surface area contributed by atoms with E-state index in [0.717, 1.165) is 27.1 Å². The average molecular weight is 774 g/mol. The zero-order chi connectivity index (χ0) is 39.7. The number of rotatable bonds is 15. The van der Waals surface area contributed by atoms with Crippen molar-refractivity contribution in [3.8, 4) is 0 Å². The Morgan fingerprint density at radius 3 is 1.43 bits per heavy atom. The first-order valence-electron chi connectivity index (χ1n) is 19.0. The van der Waals surface area contributed by atoms with Crippen LogP contribution < -0.4 is 10.4 Å². The van der Waals surface area contributed by atoms with Gasteiger partial charge >= 0.3 is 6.09 Å². The maximum Gasteiger partial charge on any atom is 0.412 e. The fraction of sp³-hybridized carbons (Fsp3) is 0.304. The van der Waals surface area contributed by atoms with Crippen molar-refractivity contribution in [2.75, 3.05) is 0 Å². The van der Waals surface area contributed by atoms with Crippen molar-refractivity contribution in [3.63, 3.8) is 0 Å². The summed E-state index contributed by atoms with van der Waals surface area (Å²) in [7, 11) is -3.46. The minimum atomic E-state index is -3.46. The van der Waals surface area contributed by atoms with E-state index in [1.807, 2.05) is 152 Å². The molecule has 5 aromatic carbocycles. The van der Waals surface area contributed by atoms with Gasteiger partial charge in [-0.3, -0.25) is 9.69 Å². The molecule has 9 nitrogen and oxygen atoms in total. The van der Waals surface area contributed by atoms with E-state index in [1.54, 1.807) is 0 Å². The third kappa shape index (κ3) is 9.02. The Morgan fingerprint density at radius 2 is 1.02 bits per heavy atom. The molecule has 56 heavy (non-hydrogen) atoms. The van der Waals surface area contributed by atoms with Crippen molar-refractivity contribution in [1.29, 1.82) is 0 Å². The van der Waals surface area contributed by atoms with Gasteiger partial charge in [-0.25, -0.2) is 4.79 Å². The number of carbonyl (C=O) groups is 2. The average Bonchev–Trinajstić information content (AvgIpc) is 3.53. The molecule has 1 amide bonds. The van der Waals surface area contributed by atoms with Crippen LogP contribution in [-0.2, 0) is 43.3 Å². The Labute approximate surface area is 330 Å². The lowest BCUT2D eigenvalue weighted by atomic mass is 9.97. The number of aliphatic hydroxyl groups is 2. The summed E-state index contributed by atoms with van der Waals surface area (Å²) >= 11 is 0. The Balaban J connectivity index is 1.56. The van der Waals surface area contributed by atoms with Crippen molar-refractivity contribution in [1.82, 2.24) is 4.90 Å². The van der Waals surface area contributed by atoms with Crippen molar-refractivity contribution in [3.05, 3.63) is 168 Å². The largest absolute Gasteiger partial charge is 0.444 e. The predicted molar refractivity (Wildman–Crippen MR) is 217 cm³/mol. The fourth-order valence-electron chi connectivity index (χ4n) is 7.55. The summed E-state index contributed by atoms with van der Waals surface area (Å²) in [5.74, 6) is -0.671. The second-order valence-electron chi connectivity index (χ2n) is 15.2. The summed E-state index contributed by atoms with van der Waals surface area (Å²) in [6.45, 7) is 7.69. The van der Waals surface area contributed by atoms with Gasteiger partial charge in [0.1, 0.15) is 31.0 Å². The fourth-order valence-corrected chi connectivity index (χ4v) is 12.2. The number of aliphatic hydroxyl groups excluding tert-OH is 2. The van der Waals surface area contributed by atoms with Crippen LogP contribution in [0.4, 0.5) is 4.79 Å². The van der Waals surface area contributed by atoms with E-state index < -0.39 is 61.9 Å². The number of benzene rings is 5. The number of hydrogen-bond donors (Lipinski definition) is 2. The first-order valence-corrected chi connectivity index (χ1v) is 20.9. The summed E-state index contributed by atoms with van der Waals surface area (Å²) < 4.78 is 27.3. The van der Waals surface area contributed by atoms with Crippen LogP contribution in [0, 0.1) is 0 Å². The lowest BCUT2D eigenvalue weighted by Crippen LogP contribution is -2.70. The normalized spacial score (nSPS) is 19.6. The highest BCUT2D eigenvalue weighted by molar-refractivity contribution is 6.99. The summed E-state index contributed by atoms with van der Waals surface area (Å²) in [4.78, 5) is 28.9. The summed E-state index contributed by atoms with van der Waals surface area (Å²) in [6, 6.07) is 47.0. The molecule has 292 valence electrons. The lowest BCUT2D eigenvalue weighted by Gasteiger charge is -2.46. The maximum atomic E-state index is 14.8. The minimum Gasteiger partial charge on any atom is -0.444 e. The summed E-state index contributed by atoms with van der Waals surface area (Å²) in [5, 5.41) is 24.7. The molecule has 0 unspecified atom stereocenters. The molecule has 2 N–H and O–H groups in total. The molecular weight excluding hydrogens is 723 g/mol. The van der Waals surface area contributed by atoms with Gasteiger partial charge in [-0.05, 0) is 39.0 Å². The van der Waals surface area contributed by atoms with Gasteiger partial charge in [0.25, 0.3) is 8.32 Å². The SMILES string of the molecule is CC(=O)[C@@H](O)[C@H](O)[C@@H]1[C@@H](OCc2ccccc2)[C@H](OCc2ccccc2)[C@@H](O[Si](c2ccccc2)(c2ccccc2)C(C)(C)C)N1C(=O)OCc1ccccc1. The zero-order valence-electron chi connectivity index (χ0n) is 32.3. The number of amides is 1. The van der Waals surface area contributed by atoms with Crippen LogP contribution >= 0.6 is 0 Å². The standard InChI is InChI=1S/C46H51NO8Si/c1-33(48)40(49)41(50)39-42(52-30-34-20-10-5-11-21-34)43(53-31-35-22-12-6-13-23-35)44(47(39)45(51)54-32-36-24-14-7-15-25-36)55-56(46(2,3)4,37-26-16-8-17-27-37)38-28-18-9-19-29-38/h5-29,39-44,49-50H,30-32H2,1-4H3/t39-,40-,41-,42-,43+,44-/m1/s1. The second-order valence-corrected chi connectivity index (χ2v) is 19.4. The third-order valence-corrected chi connectivity index (χ3v) is 15.3. The van der Waals surface area contributed by atoms with Gasteiger partial charge in [0, 0.05) is 0 Å². The van der Waals surface area contributed by atoms with E-state index in [9.17, 15) is 19.8 Å². The molecule has 0 radical (unpaired) electrons. The van der Waals surface area contributed by atoms with Crippen molar-refractivity contribution < 1.29 is 38.4 Å². The zero-order valence-corrected chi connectivity index (χ0v) is 33.3. The van der Waals surface area contributed by atoms with Crippen LogP contribution in [0.25, 0.3) is 0 Å². The van der Waals surface area contributed by atoms with Gasteiger partial charge in [0.05, 0.1) is 19.3 Å². The Bertz CT molecular complexity index is 1940. The molecule has 0 bridgehead atoms. The van der Waals surface area contributed by atoms with Crippen molar-refractivity contribution in [2.45, 2.75) is 89.2 Å². The van der Waals surface area contributed by atoms with Crippen LogP contribution in [0.3, 0.4) is 0 Å². The first-order chi connectivity index (χ1) is 27.0. The number of ketones is 1. The summed E-state index contributed by atoms with van der Waals surface area (Å²) in [6.07, 6.45) is -7.84. The van der Waals surface area contributed by atoms with Gasteiger partial charge in [-0.1, -0.05) is 172 Å². The van der Waals surface area contributed by atoms with E-state index in [-0.39, 0.29) is 19.8 Å².